The van der Waals surface area contributed by atoms with Crippen LogP contribution in [0.25, 0.3) is 0 Å². The number of likely N-dealkylation sites (tertiary alicyclic amines) is 1. The SMILES string of the molecule is CC1CCN(C(=O)N(CC2CCCNC2)C(C)C)CC1. The molecule has 0 spiro atoms. The zero-order chi connectivity index (χ0) is 14.5. The number of hydrogen-bond acceptors (Lipinski definition) is 2. The Bertz CT molecular complexity index is 305. The van der Waals surface area contributed by atoms with Gasteiger partial charge in [-0.15, -0.1) is 0 Å². The predicted octanol–water partition coefficient (Wildman–Crippen LogP) is 2.55. The summed E-state index contributed by atoms with van der Waals surface area (Å²) < 4.78 is 0. The Hall–Kier alpha value is -0.770. The molecule has 1 unspecified atom stereocenters. The molecule has 0 saturated carbocycles. The van der Waals surface area contributed by atoms with Gasteiger partial charge in [-0.2, -0.15) is 0 Å². The number of piperidine rings is 2. The van der Waals surface area contributed by atoms with Gasteiger partial charge in [0.05, 0.1) is 0 Å². The molecule has 2 rings (SSSR count). The Morgan fingerprint density at radius 1 is 1.30 bits per heavy atom. The van der Waals surface area contributed by atoms with Gasteiger partial charge in [-0.1, -0.05) is 6.92 Å². The lowest BCUT2D eigenvalue weighted by molar-refractivity contribution is 0.112. The van der Waals surface area contributed by atoms with Gasteiger partial charge in [-0.05, 0) is 64.5 Å². The van der Waals surface area contributed by atoms with E-state index in [1.807, 2.05) is 0 Å². The van der Waals surface area contributed by atoms with Gasteiger partial charge in [0.2, 0.25) is 0 Å². The first kappa shape index (κ1) is 15.6. The van der Waals surface area contributed by atoms with Crippen LogP contribution in [-0.2, 0) is 0 Å². The molecule has 2 amide bonds. The van der Waals surface area contributed by atoms with Crippen LogP contribution in [0.4, 0.5) is 4.79 Å². The molecule has 4 heteroatoms. The quantitative estimate of drug-likeness (QED) is 0.863. The number of carbonyl (C=O) groups excluding carboxylic acids is 1. The highest BCUT2D eigenvalue weighted by atomic mass is 16.2. The Labute approximate surface area is 123 Å². The predicted molar refractivity (Wildman–Crippen MR) is 82.8 cm³/mol. The van der Waals surface area contributed by atoms with Crippen molar-refractivity contribution in [1.82, 2.24) is 15.1 Å². The second kappa shape index (κ2) is 7.30. The molecule has 116 valence electrons. The average Bonchev–Trinajstić information content (AvgIpc) is 2.45. The second-order valence-corrected chi connectivity index (χ2v) is 6.91. The average molecular weight is 281 g/mol. The van der Waals surface area contributed by atoms with Crippen molar-refractivity contribution in [3.05, 3.63) is 0 Å². The molecule has 1 N–H and O–H groups in total. The molecule has 0 aromatic carbocycles. The van der Waals surface area contributed by atoms with E-state index in [9.17, 15) is 4.79 Å². The highest BCUT2D eigenvalue weighted by Crippen LogP contribution is 2.20. The molecular formula is C16H31N3O. The van der Waals surface area contributed by atoms with Crippen molar-refractivity contribution < 1.29 is 4.79 Å². The molecule has 2 fully saturated rings. The molecule has 0 radical (unpaired) electrons. The smallest absolute Gasteiger partial charge is 0.320 e. The van der Waals surface area contributed by atoms with E-state index in [0.717, 1.165) is 51.5 Å². The Morgan fingerprint density at radius 2 is 2.00 bits per heavy atom. The monoisotopic (exact) mass is 281 g/mol. The van der Waals surface area contributed by atoms with E-state index in [-0.39, 0.29) is 6.03 Å². The molecule has 0 aromatic rings. The van der Waals surface area contributed by atoms with Crippen LogP contribution in [0, 0.1) is 11.8 Å². The van der Waals surface area contributed by atoms with Crippen LogP contribution in [0.1, 0.15) is 46.5 Å². The van der Waals surface area contributed by atoms with Crippen LogP contribution in [-0.4, -0.2) is 54.6 Å². The lowest BCUT2D eigenvalue weighted by Crippen LogP contribution is -2.51. The standard InChI is InChI=1S/C16H31N3O/c1-13(2)19(12-15-5-4-8-17-11-15)16(20)18-9-6-14(3)7-10-18/h13-15,17H,4-12H2,1-3H3. The Kier molecular flexibility index (Phi) is 5.70. The Morgan fingerprint density at radius 3 is 2.55 bits per heavy atom. The molecule has 2 aliphatic heterocycles. The molecule has 2 aliphatic rings. The maximum absolute atomic E-state index is 12.8. The first-order chi connectivity index (χ1) is 9.58. The van der Waals surface area contributed by atoms with Crippen LogP contribution >= 0.6 is 0 Å². The highest BCUT2D eigenvalue weighted by molar-refractivity contribution is 5.74. The van der Waals surface area contributed by atoms with E-state index in [1.165, 1.54) is 12.8 Å². The third-order valence-electron chi connectivity index (χ3n) is 4.78. The fourth-order valence-corrected chi connectivity index (χ4v) is 3.25. The Balaban J connectivity index is 1.91. The zero-order valence-corrected chi connectivity index (χ0v) is 13.4. The van der Waals surface area contributed by atoms with Gasteiger partial charge in [-0.25, -0.2) is 4.79 Å². The molecular weight excluding hydrogens is 250 g/mol. The van der Waals surface area contributed by atoms with E-state index >= 15 is 0 Å². The lowest BCUT2D eigenvalue weighted by atomic mass is 9.98. The van der Waals surface area contributed by atoms with E-state index in [4.69, 9.17) is 0 Å². The topological polar surface area (TPSA) is 35.6 Å². The van der Waals surface area contributed by atoms with Crippen molar-refractivity contribution in [1.29, 1.82) is 0 Å². The fourth-order valence-electron chi connectivity index (χ4n) is 3.25. The molecule has 2 saturated heterocycles. The number of nitrogens with zero attached hydrogens (tertiary/aromatic N) is 2. The third-order valence-corrected chi connectivity index (χ3v) is 4.78. The van der Waals surface area contributed by atoms with Gasteiger partial charge in [0.1, 0.15) is 0 Å². The van der Waals surface area contributed by atoms with Crippen molar-refractivity contribution in [3.8, 4) is 0 Å². The third kappa shape index (κ3) is 4.11. The van der Waals surface area contributed by atoms with Crippen molar-refractivity contribution in [2.75, 3.05) is 32.7 Å². The number of urea groups is 1. The first-order valence-electron chi connectivity index (χ1n) is 8.34. The second-order valence-electron chi connectivity index (χ2n) is 6.91. The summed E-state index contributed by atoms with van der Waals surface area (Å²) in [6.07, 6.45) is 4.80. The lowest BCUT2D eigenvalue weighted by Gasteiger charge is -2.39. The van der Waals surface area contributed by atoms with Crippen molar-refractivity contribution >= 4 is 6.03 Å². The highest BCUT2D eigenvalue weighted by Gasteiger charge is 2.28. The van der Waals surface area contributed by atoms with Crippen LogP contribution in [0.3, 0.4) is 0 Å². The normalized spacial score (nSPS) is 25.0. The largest absolute Gasteiger partial charge is 0.325 e. The zero-order valence-electron chi connectivity index (χ0n) is 13.4. The fraction of sp³-hybridized carbons (Fsp3) is 0.938. The molecule has 2 heterocycles. The minimum atomic E-state index is 0.262. The number of hydrogen-bond donors (Lipinski definition) is 1. The van der Waals surface area contributed by atoms with Crippen molar-refractivity contribution in [2.24, 2.45) is 11.8 Å². The van der Waals surface area contributed by atoms with Crippen molar-refractivity contribution in [3.63, 3.8) is 0 Å². The summed E-state index contributed by atoms with van der Waals surface area (Å²) in [6, 6.07) is 0.557. The first-order valence-corrected chi connectivity index (χ1v) is 8.34. The molecule has 20 heavy (non-hydrogen) atoms. The summed E-state index contributed by atoms with van der Waals surface area (Å²) in [7, 11) is 0. The van der Waals surface area contributed by atoms with Crippen molar-refractivity contribution in [2.45, 2.75) is 52.5 Å². The maximum Gasteiger partial charge on any atom is 0.320 e. The van der Waals surface area contributed by atoms with E-state index in [1.54, 1.807) is 0 Å². The molecule has 0 aliphatic carbocycles. The van der Waals surface area contributed by atoms with Gasteiger partial charge in [0.15, 0.2) is 0 Å². The van der Waals surface area contributed by atoms with E-state index in [0.29, 0.717) is 12.0 Å². The number of amides is 2. The number of rotatable bonds is 3. The van der Waals surface area contributed by atoms with E-state index < -0.39 is 0 Å². The summed E-state index contributed by atoms with van der Waals surface area (Å²) in [6.45, 7) is 11.6. The summed E-state index contributed by atoms with van der Waals surface area (Å²) >= 11 is 0. The van der Waals surface area contributed by atoms with E-state index in [2.05, 4.69) is 35.9 Å². The van der Waals surface area contributed by atoms with Gasteiger partial charge in [0.25, 0.3) is 0 Å². The molecule has 4 nitrogen and oxygen atoms in total. The van der Waals surface area contributed by atoms with Gasteiger partial charge in [0, 0.05) is 25.7 Å². The van der Waals surface area contributed by atoms with Crippen LogP contribution in [0.5, 0.6) is 0 Å². The molecule has 0 bridgehead atoms. The summed E-state index contributed by atoms with van der Waals surface area (Å²) in [5.74, 6) is 1.40. The van der Waals surface area contributed by atoms with Crippen LogP contribution < -0.4 is 5.32 Å². The summed E-state index contributed by atoms with van der Waals surface area (Å²) in [5.41, 5.74) is 0. The maximum atomic E-state index is 12.8. The summed E-state index contributed by atoms with van der Waals surface area (Å²) in [4.78, 5) is 16.9. The van der Waals surface area contributed by atoms with Gasteiger partial charge >= 0.3 is 6.03 Å². The van der Waals surface area contributed by atoms with Gasteiger partial charge in [-0.3, -0.25) is 0 Å². The van der Waals surface area contributed by atoms with Crippen LogP contribution in [0.2, 0.25) is 0 Å². The van der Waals surface area contributed by atoms with Crippen LogP contribution in [0.15, 0.2) is 0 Å². The van der Waals surface area contributed by atoms with Gasteiger partial charge < -0.3 is 15.1 Å². The molecule has 0 aromatic heterocycles. The number of nitrogens with one attached hydrogen (secondary N) is 1. The number of carbonyl (C=O) groups is 1. The molecule has 1 atom stereocenters. The summed E-state index contributed by atoms with van der Waals surface area (Å²) in [5, 5.41) is 3.45. The minimum absolute atomic E-state index is 0.262. The minimum Gasteiger partial charge on any atom is -0.325 e.